The molecule has 0 aromatic heterocycles. The van der Waals surface area contributed by atoms with Gasteiger partial charge < -0.3 is 15.4 Å². The lowest BCUT2D eigenvalue weighted by molar-refractivity contribution is 0.317. The molecule has 2 N–H and O–H groups in total. The number of hydrogen-bond acceptors (Lipinski definition) is 4. The van der Waals surface area contributed by atoms with Crippen molar-refractivity contribution in [3.05, 3.63) is 58.7 Å². The van der Waals surface area contributed by atoms with Crippen molar-refractivity contribution < 1.29 is 13.2 Å². The van der Waals surface area contributed by atoms with Crippen LogP contribution in [0.4, 0.5) is 0 Å². The molecule has 2 aromatic rings. The minimum atomic E-state index is -3.21. The molecule has 0 aliphatic heterocycles. The molecule has 0 radical (unpaired) electrons. The fraction of sp³-hybridized carbons (Fsp3) is 0.409. The molecule has 6 nitrogen and oxygen atoms in total. The second kappa shape index (κ2) is 12.1. The number of ether oxygens (including phenoxy) is 1. The summed E-state index contributed by atoms with van der Waals surface area (Å²) >= 11 is 0. The Balaban J connectivity index is 0.00000450. The van der Waals surface area contributed by atoms with E-state index in [1.165, 1.54) is 6.26 Å². The van der Waals surface area contributed by atoms with Crippen LogP contribution in [0.2, 0.25) is 0 Å². The van der Waals surface area contributed by atoms with E-state index < -0.39 is 9.84 Å². The zero-order valence-corrected chi connectivity index (χ0v) is 21.4. The molecular weight excluding hydrogens is 513 g/mol. The van der Waals surface area contributed by atoms with Crippen LogP contribution in [-0.4, -0.2) is 40.3 Å². The van der Waals surface area contributed by atoms with Gasteiger partial charge in [-0.05, 0) is 56.0 Å². The van der Waals surface area contributed by atoms with Gasteiger partial charge >= 0.3 is 0 Å². The van der Waals surface area contributed by atoms with E-state index in [9.17, 15) is 8.42 Å². The van der Waals surface area contributed by atoms with Crippen LogP contribution in [0.25, 0.3) is 0 Å². The molecule has 0 saturated heterocycles. The molecule has 0 aliphatic carbocycles. The molecule has 30 heavy (non-hydrogen) atoms. The van der Waals surface area contributed by atoms with Crippen LogP contribution in [0.5, 0.6) is 5.75 Å². The van der Waals surface area contributed by atoms with Gasteiger partial charge in [0.15, 0.2) is 15.8 Å². The Labute approximate surface area is 197 Å². The van der Waals surface area contributed by atoms with Gasteiger partial charge in [-0.15, -0.1) is 24.0 Å². The second-order valence-corrected chi connectivity index (χ2v) is 9.05. The van der Waals surface area contributed by atoms with Crippen molar-refractivity contribution in [1.82, 2.24) is 10.6 Å². The summed E-state index contributed by atoms with van der Waals surface area (Å²) in [6.45, 7) is 10.2. The molecular formula is C22H32IN3O3S. The Kier molecular flexibility index (Phi) is 10.6. The normalized spacial score (nSPS) is 11.6. The van der Waals surface area contributed by atoms with E-state index in [-0.39, 0.29) is 24.0 Å². The van der Waals surface area contributed by atoms with Gasteiger partial charge in [0.2, 0.25) is 0 Å². The predicted octanol–water partition coefficient (Wildman–Crippen LogP) is 3.77. The monoisotopic (exact) mass is 545 g/mol. The van der Waals surface area contributed by atoms with E-state index in [0.29, 0.717) is 30.6 Å². The highest BCUT2D eigenvalue weighted by molar-refractivity contribution is 14.0. The molecule has 0 heterocycles. The van der Waals surface area contributed by atoms with Crippen LogP contribution in [-0.2, 0) is 16.4 Å². The molecule has 2 aromatic carbocycles. The maximum Gasteiger partial charge on any atom is 0.191 e. The van der Waals surface area contributed by atoms with Gasteiger partial charge in [-0.1, -0.05) is 30.3 Å². The average Bonchev–Trinajstić information content (AvgIpc) is 2.64. The lowest BCUT2D eigenvalue weighted by atomic mass is 10.1. The topological polar surface area (TPSA) is 79.8 Å². The molecule has 0 amide bonds. The Morgan fingerprint density at radius 3 is 2.27 bits per heavy atom. The zero-order chi connectivity index (χ0) is 21.4. The van der Waals surface area contributed by atoms with Crippen molar-refractivity contribution in [3.8, 4) is 5.75 Å². The van der Waals surface area contributed by atoms with Gasteiger partial charge in [0, 0.05) is 12.8 Å². The van der Waals surface area contributed by atoms with Crippen LogP contribution >= 0.6 is 24.0 Å². The predicted molar refractivity (Wildman–Crippen MR) is 134 cm³/mol. The van der Waals surface area contributed by atoms with Gasteiger partial charge in [0.25, 0.3) is 0 Å². The number of guanidine groups is 1. The van der Waals surface area contributed by atoms with Crippen LogP contribution < -0.4 is 15.4 Å². The highest BCUT2D eigenvalue weighted by Gasteiger charge is 2.10. The third-order valence-corrected chi connectivity index (χ3v) is 5.71. The van der Waals surface area contributed by atoms with Gasteiger partial charge in [-0.3, -0.25) is 0 Å². The first kappa shape index (κ1) is 26.2. The number of benzene rings is 2. The van der Waals surface area contributed by atoms with Gasteiger partial charge in [-0.2, -0.15) is 0 Å². The van der Waals surface area contributed by atoms with E-state index in [4.69, 9.17) is 4.74 Å². The SMILES string of the molecule is CCNC(=NCc1ccc(S(C)(=O)=O)c(C)c1)NCCOc1c(C)cccc1C.I. The number of sulfone groups is 1. The van der Waals surface area contributed by atoms with E-state index in [2.05, 4.69) is 15.6 Å². The van der Waals surface area contributed by atoms with E-state index in [0.717, 1.165) is 34.5 Å². The van der Waals surface area contributed by atoms with Crippen molar-refractivity contribution in [2.75, 3.05) is 26.0 Å². The molecule has 166 valence electrons. The number of aryl methyl sites for hydroxylation is 3. The van der Waals surface area contributed by atoms with Crippen LogP contribution in [0.1, 0.15) is 29.2 Å². The van der Waals surface area contributed by atoms with Crippen molar-refractivity contribution >= 4 is 39.8 Å². The third kappa shape index (κ3) is 7.79. The average molecular weight is 545 g/mol. The van der Waals surface area contributed by atoms with Crippen LogP contribution in [0, 0.1) is 20.8 Å². The molecule has 0 unspecified atom stereocenters. The standard InChI is InChI=1S/C22H31N3O3S.HI/c1-6-23-22(24-12-13-28-21-16(2)8-7-9-17(21)3)25-15-19-10-11-20(18(4)14-19)29(5,26)27;/h7-11,14H,6,12-13,15H2,1-5H3,(H2,23,24,25);1H. The van der Waals surface area contributed by atoms with Crippen molar-refractivity contribution in [3.63, 3.8) is 0 Å². The lowest BCUT2D eigenvalue weighted by Crippen LogP contribution is -2.39. The summed E-state index contributed by atoms with van der Waals surface area (Å²) in [6.07, 6.45) is 1.22. The largest absolute Gasteiger partial charge is 0.491 e. The Morgan fingerprint density at radius 1 is 1.03 bits per heavy atom. The number of halogens is 1. The van der Waals surface area contributed by atoms with Gasteiger partial charge in [0.1, 0.15) is 12.4 Å². The molecule has 0 spiro atoms. The summed E-state index contributed by atoms with van der Waals surface area (Å²) in [7, 11) is -3.21. The minimum Gasteiger partial charge on any atom is -0.491 e. The molecule has 8 heteroatoms. The van der Waals surface area contributed by atoms with Crippen LogP contribution in [0.15, 0.2) is 46.3 Å². The molecule has 0 aliphatic rings. The quantitative estimate of drug-likeness (QED) is 0.229. The second-order valence-electron chi connectivity index (χ2n) is 7.06. The molecule has 0 fully saturated rings. The maximum atomic E-state index is 11.7. The van der Waals surface area contributed by atoms with Crippen molar-refractivity contribution in [1.29, 1.82) is 0 Å². The number of nitrogens with one attached hydrogen (secondary N) is 2. The van der Waals surface area contributed by atoms with Gasteiger partial charge in [0.05, 0.1) is 18.0 Å². The minimum absolute atomic E-state index is 0. The Bertz CT molecular complexity index is 955. The Hall–Kier alpha value is -1.81. The van der Waals surface area contributed by atoms with Gasteiger partial charge in [-0.25, -0.2) is 13.4 Å². The smallest absolute Gasteiger partial charge is 0.191 e. The third-order valence-electron chi connectivity index (χ3n) is 4.45. The maximum absolute atomic E-state index is 11.7. The Morgan fingerprint density at radius 2 is 1.70 bits per heavy atom. The van der Waals surface area contributed by atoms with E-state index in [1.807, 2.05) is 45.0 Å². The summed E-state index contributed by atoms with van der Waals surface area (Å²) in [4.78, 5) is 4.95. The first-order valence-electron chi connectivity index (χ1n) is 9.73. The number of hydrogen-bond donors (Lipinski definition) is 2. The van der Waals surface area contributed by atoms with Crippen molar-refractivity contribution in [2.45, 2.75) is 39.1 Å². The lowest BCUT2D eigenvalue weighted by Gasteiger charge is -2.14. The number of nitrogens with zero attached hydrogens (tertiary/aromatic N) is 1. The summed E-state index contributed by atoms with van der Waals surface area (Å²) in [5.41, 5.74) is 3.94. The van der Waals surface area contributed by atoms with E-state index in [1.54, 1.807) is 19.1 Å². The first-order chi connectivity index (χ1) is 13.7. The summed E-state index contributed by atoms with van der Waals surface area (Å²) in [5.74, 6) is 1.63. The molecule has 0 saturated carbocycles. The molecule has 0 atom stereocenters. The molecule has 2 rings (SSSR count). The van der Waals surface area contributed by atoms with Crippen LogP contribution in [0.3, 0.4) is 0 Å². The molecule has 0 bridgehead atoms. The fourth-order valence-corrected chi connectivity index (χ4v) is 4.05. The van der Waals surface area contributed by atoms with E-state index >= 15 is 0 Å². The first-order valence-corrected chi connectivity index (χ1v) is 11.6. The summed E-state index contributed by atoms with van der Waals surface area (Å²) in [6, 6.07) is 11.4. The zero-order valence-electron chi connectivity index (χ0n) is 18.3. The summed E-state index contributed by atoms with van der Waals surface area (Å²) < 4.78 is 29.4. The highest BCUT2D eigenvalue weighted by Crippen LogP contribution is 2.22. The number of rotatable bonds is 8. The summed E-state index contributed by atoms with van der Waals surface area (Å²) in [5, 5.41) is 6.48. The fourth-order valence-electron chi connectivity index (χ4n) is 3.09. The number of aliphatic imine (C=N–C) groups is 1. The van der Waals surface area contributed by atoms with Crippen molar-refractivity contribution in [2.24, 2.45) is 4.99 Å². The number of para-hydroxylation sites is 1. The highest BCUT2D eigenvalue weighted by atomic mass is 127.